The van der Waals surface area contributed by atoms with Gasteiger partial charge in [0.15, 0.2) is 0 Å². The van der Waals surface area contributed by atoms with Crippen molar-refractivity contribution in [1.82, 2.24) is 5.32 Å². The number of fused-ring (bicyclic) bond motifs is 1. The summed E-state index contributed by atoms with van der Waals surface area (Å²) >= 11 is 0. The molecule has 0 radical (unpaired) electrons. The Hall–Kier alpha value is -0.0800. The first-order valence-corrected chi connectivity index (χ1v) is 3.82. The average molecular weight is 127 g/mol. The minimum Gasteiger partial charge on any atom is -0.375 e. The van der Waals surface area contributed by atoms with Crippen molar-refractivity contribution in [2.24, 2.45) is 0 Å². The molecule has 9 heavy (non-hydrogen) atoms. The summed E-state index contributed by atoms with van der Waals surface area (Å²) < 4.78 is 5.54. The molecule has 0 aromatic carbocycles. The van der Waals surface area contributed by atoms with E-state index >= 15 is 0 Å². The lowest BCUT2D eigenvalue weighted by Crippen LogP contribution is -2.44. The highest BCUT2D eigenvalue weighted by Crippen LogP contribution is 2.23. The van der Waals surface area contributed by atoms with Gasteiger partial charge in [-0.05, 0) is 19.3 Å². The van der Waals surface area contributed by atoms with Crippen LogP contribution in [0.3, 0.4) is 0 Å². The van der Waals surface area contributed by atoms with Crippen molar-refractivity contribution in [2.45, 2.75) is 31.4 Å². The zero-order valence-corrected chi connectivity index (χ0v) is 5.60. The van der Waals surface area contributed by atoms with E-state index in [1.54, 1.807) is 0 Å². The van der Waals surface area contributed by atoms with E-state index in [4.69, 9.17) is 4.74 Å². The van der Waals surface area contributed by atoms with Crippen LogP contribution in [0.4, 0.5) is 0 Å². The summed E-state index contributed by atoms with van der Waals surface area (Å²) in [4.78, 5) is 0. The Balaban J connectivity index is 1.97. The summed E-state index contributed by atoms with van der Waals surface area (Å²) in [7, 11) is 0. The Morgan fingerprint density at radius 2 is 2.33 bits per heavy atom. The lowest BCUT2D eigenvalue weighted by molar-refractivity contribution is 0.0113. The van der Waals surface area contributed by atoms with E-state index < -0.39 is 0 Å². The van der Waals surface area contributed by atoms with E-state index in [2.05, 4.69) is 5.32 Å². The van der Waals surface area contributed by atoms with E-state index in [0.29, 0.717) is 12.1 Å². The zero-order valence-electron chi connectivity index (χ0n) is 5.60. The van der Waals surface area contributed by atoms with Crippen molar-refractivity contribution in [3.05, 3.63) is 0 Å². The molecule has 0 unspecified atom stereocenters. The maximum atomic E-state index is 5.54. The summed E-state index contributed by atoms with van der Waals surface area (Å²) in [5, 5.41) is 3.46. The Kier molecular flexibility index (Phi) is 1.44. The number of ether oxygens (including phenoxy) is 1. The molecular formula is C7H13NO. The molecule has 0 aromatic heterocycles. The molecule has 2 atom stereocenters. The maximum Gasteiger partial charge on any atom is 0.0728 e. The van der Waals surface area contributed by atoms with Crippen LogP contribution in [0.25, 0.3) is 0 Å². The standard InChI is InChI=1S/C7H13NO/c1-2-6-7(3-1)9-5-4-8-6/h6-8H,1-5H2/t6-,7-/m0/s1. The summed E-state index contributed by atoms with van der Waals surface area (Å²) in [6.07, 6.45) is 4.50. The number of nitrogens with one attached hydrogen (secondary N) is 1. The molecule has 0 spiro atoms. The minimum absolute atomic E-state index is 0.554. The lowest BCUT2D eigenvalue weighted by atomic mass is 10.2. The molecule has 1 heterocycles. The zero-order chi connectivity index (χ0) is 6.10. The molecule has 0 bridgehead atoms. The van der Waals surface area contributed by atoms with Crippen molar-refractivity contribution in [1.29, 1.82) is 0 Å². The van der Waals surface area contributed by atoms with Crippen LogP contribution in [0.1, 0.15) is 19.3 Å². The van der Waals surface area contributed by atoms with Crippen LogP contribution in [0, 0.1) is 0 Å². The van der Waals surface area contributed by atoms with Crippen molar-refractivity contribution in [3.8, 4) is 0 Å². The van der Waals surface area contributed by atoms with E-state index in [9.17, 15) is 0 Å². The van der Waals surface area contributed by atoms with Crippen LogP contribution < -0.4 is 5.32 Å². The van der Waals surface area contributed by atoms with Crippen molar-refractivity contribution in [3.63, 3.8) is 0 Å². The third-order valence-corrected chi connectivity index (χ3v) is 2.29. The highest BCUT2D eigenvalue weighted by Gasteiger charge is 2.29. The molecule has 2 nitrogen and oxygen atoms in total. The average Bonchev–Trinajstić information content (AvgIpc) is 2.33. The van der Waals surface area contributed by atoms with E-state index in [1.807, 2.05) is 0 Å². The highest BCUT2D eigenvalue weighted by atomic mass is 16.5. The number of hydrogen-bond acceptors (Lipinski definition) is 2. The summed E-state index contributed by atoms with van der Waals surface area (Å²) in [6.45, 7) is 1.97. The fourth-order valence-electron chi connectivity index (χ4n) is 1.81. The van der Waals surface area contributed by atoms with Crippen LogP contribution in [0.5, 0.6) is 0 Å². The first kappa shape index (κ1) is 5.69. The van der Waals surface area contributed by atoms with Gasteiger partial charge in [-0.3, -0.25) is 0 Å². The van der Waals surface area contributed by atoms with E-state index in [1.165, 1.54) is 19.3 Å². The second kappa shape index (κ2) is 2.27. The van der Waals surface area contributed by atoms with Gasteiger partial charge < -0.3 is 10.1 Å². The lowest BCUT2D eigenvalue weighted by Gasteiger charge is -2.26. The largest absolute Gasteiger partial charge is 0.375 e. The van der Waals surface area contributed by atoms with Crippen LogP contribution in [-0.2, 0) is 4.74 Å². The quantitative estimate of drug-likeness (QED) is 0.512. The molecule has 1 saturated heterocycles. The van der Waals surface area contributed by atoms with E-state index in [0.717, 1.165) is 13.2 Å². The molecule has 52 valence electrons. The fraction of sp³-hybridized carbons (Fsp3) is 1.00. The Bertz CT molecular complexity index is 93.1. The molecule has 2 aliphatic rings. The van der Waals surface area contributed by atoms with Crippen LogP contribution in [0.2, 0.25) is 0 Å². The van der Waals surface area contributed by atoms with Crippen molar-refractivity contribution >= 4 is 0 Å². The number of hydrogen-bond donors (Lipinski definition) is 1. The van der Waals surface area contributed by atoms with Gasteiger partial charge in [-0.1, -0.05) is 0 Å². The van der Waals surface area contributed by atoms with Gasteiger partial charge in [0.1, 0.15) is 0 Å². The molecule has 2 heteroatoms. The predicted molar refractivity (Wildman–Crippen MR) is 35.4 cm³/mol. The predicted octanol–water partition coefficient (Wildman–Crippen LogP) is 0.527. The topological polar surface area (TPSA) is 21.3 Å². The molecule has 1 aliphatic heterocycles. The molecular weight excluding hydrogens is 114 g/mol. The molecule has 2 fully saturated rings. The second-order valence-corrected chi connectivity index (χ2v) is 2.90. The molecule has 0 amide bonds. The van der Waals surface area contributed by atoms with Gasteiger partial charge in [-0.2, -0.15) is 0 Å². The van der Waals surface area contributed by atoms with Crippen LogP contribution >= 0.6 is 0 Å². The third-order valence-electron chi connectivity index (χ3n) is 2.29. The molecule has 2 rings (SSSR count). The number of rotatable bonds is 0. The Labute approximate surface area is 55.6 Å². The van der Waals surface area contributed by atoms with Gasteiger partial charge in [0.05, 0.1) is 12.7 Å². The molecule has 1 saturated carbocycles. The molecule has 0 aromatic rings. The normalized spacial score (nSPS) is 42.7. The van der Waals surface area contributed by atoms with Gasteiger partial charge in [-0.15, -0.1) is 0 Å². The fourth-order valence-corrected chi connectivity index (χ4v) is 1.81. The minimum atomic E-state index is 0.554. The molecule has 1 aliphatic carbocycles. The van der Waals surface area contributed by atoms with Crippen molar-refractivity contribution < 1.29 is 4.74 Å². The summed E-state index contributed by atoms with van der Waals surface area (Å²) in [6, 6.07) is 0.693. The first-order chi connectivity index (χ1) is 4.47. The van der Waals surface area contributed by atoms with E-state index in [-0.39, 0.29) is 0 Å². The van der Waals surface area contributed by atoms with Gasteiger partial charge >= 0.3 is 0 Å². The van der Waals surface area contributed by atoms with Crippen molar-refractivity contribution in [2.75, 3.05) is 13.2 Å². The van der Waals surface area contributed by atoms with Crippen LogP contribution in [-0.4, -0.2) is 25.3 Å². The first-order valence-electron chi connectivity index (χ1n) is 3.82. The van der Waals surface area contributed by atoms with Crippen LogP contribution in [0.15, 0.2) is 0 Å². The monoisotopic (exact) mass is 127 g/mol. The van der Waals surface area contributed by atoms with Gasteiger partial charge in [0.2, 0.25) is 0 Å². The Morgan fingerprint density at radius 1 is 1.33 bits per heavy atom. The Morgan fingerprint density at radius 3 is 3.22 bits per heavy atom. The van der Waals surface area contributed by atoms with Gasteiger partial charge in [-0.25, -0.2) is 0 Å². The second-order valence-electron chi connectivity index (χ2n) is 2.90. The maximum absolute atomic E-state index is 5.54. The molecule has 1 N–H and O–H groups in total. The third kappa shape index (κ3) is 0.970. The highest BCUT2D eigenvalue weighted by molar-refractivity contribution is 4.86. The van der Waals surface area contributed by atoms with Gasteiger partial charge in [0.25, 0.3) is 0 Å². The SMILES string of the molecule is C1C[C@@H]2NCCO[C@H]2C1. The summed E-state index contributed by atoms with van der Waals surface area (Å²) in [5.74, 6) is 0. The summed E-state index contributed by atoms with van der Waals surface area (Å²) in [5.41, 5.74) is 0. The smallest absolute Gasteiger partial charge is 0.0728 e. The van der Waals surface area contributed by atoms with Gasteiger partial charge in [0, 0.05) is 12.6 Å². The number of morpholine rings is 1.